The lowest BCUT2D eigenvalue weighted by Gasteiger charge is -2.22. The molecule has 1 aromatic rings. The SMILES string of the molecule is CC(C)N(C)Cc1ccccc1CNC(=O)CNCC1CC1.Cl.Cl. The van der Waals surface area contributed by atoms with E-state index >= 15 is 0 Å². The normalized spacial score (nSPS) is 13.4. The average Bonchev–Trinajstić information content (AvgIpc) is 3.30. The lowest BCUT2D eigenvalue weighted by molar-refractivity contribution is -0.120. The van der Waals surface area contributed by atoms with E-state index in [-0.39, 0.29) is 30.7 Å². The first-order chi connectivity index (χ1) is 10.6. The predicted molar refractivity (Wildman–Crippen MR) is 105 cm³/mol. The van der Waals surface area contributed by atoms with E-state index in [4.69, 9.17) is 0 Å². The Labute approximate surface area is 158 Å². The highest BCUT2D eigenvalue weighted by atomic mass is 35.5. The van der Waals surface area contributed by atoms with Crippen molar-refractivity contribution >= 4 is 30.7 Å². The fourth-order valence-electron chi connectivity index (χ4n) is 2.30. The van der Waals surface area contributed by atoms with Crippen LogP contribution in [0.5, 0.6) is 0 Å². The first-order valence-corrected chi connectivity index (χ1v) is 8.30. The van der Waals surface area contributed by atoms with Gasteiger partial charge in [0.1, 0.15) is 0 Å². The number of carbonyl (C=O) groups is 1. The van der Waals surface area contributed by atoms with Crippen LogP contribution in [0, 0.1) is 5.92 Å². The largest absolute Gasteiger partial charge is 0.351 e. The maximum atomic E-state index is 11.9. The Morgan fingerprint density at radius 3 is 2.42 bits per heavy atom. The molecule has 0 radical (unpaired) electrons. The second kappa shape index (κ2) is 11.7. The Bertz CT molecular complexity index is 493. The van der Waals surface area contributed by atoms with Gasteiger partial charge in [0.15, 0.2) is 0 Å². The maximum Gasteiger partial charge on any atom is 0.234 e. The number of nitrogens with zero attached hydrogens (tertiary/aromatic N) is 1. The van der Waals surface area contributed by atoms with E-state index in [0.717, 1.165) is 19.0 Å². The number of hydrogen-bond donors (Lipinski definition) is 2. The molecular weight excluding hydrogens is 345 g/mol. The average molecular weight is 376 g/mol. The van der Waals surface area contributed by atoms with Gasteiger partial charge in [-0.15, -0.1) is 24.8 Å². The van der Waals surface area contributed by atoms with Crippen LogP contribution in [-0.4, -0.2) is 37.0 Å². The standard InChI is InChI=1S/C18H29N3O.2ClH/c1-14(2)21(3)13-17-7-5-4-6-16(17)11-20-18(22)12-19-10-15-8-9-15;;/h4-7,14-15,19H,8-13H2,1-3H3,(H,20,22);2*1H. The molecule has 2 rings (SSSR count). The lowest BCUT2D eigenvalue weighted by Crippen LogP contribution is -2.34. The zero-order chi connectivity index (χ0) is 15.9. The van der Waals surface area contributed by atoms with Gasteiger partial charge in [0, 0.05) is 19.1 Å². The van der Waals surface area contributed by atoms with Crippen molar-refractivity contribution in [3.05, 3.63) is 35.4 Å². The molecular formula is C18H31Cl2N3O. The summed E-state index contributed by atoms with van der Waals surface area (Å²) in [5.74, 6) is 0.882. The first kappa shape index (κ1) is 23.2. The zero-order valence-electron chi connectivity index (χ0n) is 14.9. The maximum absolute atomic E-state index is 11.9. The Morgan fingerprint density at radius 1 is 1.21 bits per heavy atom. The van der Waals surface area contributed by atoms with Gasteiger partial charge in [0.05, 0.1) is 6.54 Å². The zero-order valence-corrected chi connectivity index (χ0v) is 16.5. The van der Waals surface area contributed by atoms with Crippen molar-refractivity contribution < 1.29 is 4.79 Å². The van der Waals surface area contributed by atoms with Gasteiger partial charge in [0.25, 0.3) is 0 Å². The Hall–Kier alpha value is -0.810. The number of halogens is 2. The number of hydrogen-bond acceptors (Lipinski definition) is 3. The predicted octanol–water partition coefficient (Wildman–Crippen LogP) is 2.99. The Kier molecular flexibility index (Phi) is 11.3. The summed E-state index contributed by atoms with van der Waals surface area (Å²) in [6.07, 6.45) is 2.62. The second-order valence-electron chi connectivity index (χ2n) is 6.63. The second-order valence-corrected chi connectivity index (χ2v) is 6.63. The molecule has 0 heterocycles. The minimum absolute atomic E-state index is 0. The van der Waals surface area contributed by atoms with Gasteiger partial charge >= 0.3 is 0 Å². The molecule has 0 bridgehead atoms. The smallest absolute Gasteiger partial charge is 0.234 e. The molecule has 0 unspecified atom stereocenters. The van der Waals surface area contributed by atoms with Crippen LogP contribution >= 0.6 is 24.8 Å². The summed E-state index contributed by atoms with van der Waals surface area (Å²) in [6, 6.07) is 8.85. The molecule has 1 aliphatic rings. The van der Waals surface area contributed by atoms with E-state index in [2.05, 4.69) is 54.6 Å². The highest BCUT2D eigenvalue weighted by molar-refractivity contribution is 5.85. The number of amides is 1. The van der Waals surface area contributed by atoms with Crippen molar-refractivity contribution in [2.45, 2.75) is 45.8 Å². The lowest BCUT2D eigenvalue weighted by atomic mass is 10.1. The molecule has 1 amide bonds. The quantitative estimate of drug-likeness (QED) is 0.697. The number of carbonyl (C=O) groups excluding carboxylic acids is 1. The monoisotopic (exact) mass is 375 g/mol. The number of rotatable bonds is 9. The van der Waals surface area contributed by atoms with Crippen molar-refractivity contribution in [1.29, 1.82) is 0 Å². The topological polar surface area (TPSA) is 44.4 Å². The first-order valence-electron chi connectivity index (χ1n) is 8.30. The molecule has 0 atom stereocenters. The summed E-state index contributed by atoms with van der Waals surface area (Å²) in [4.78, 5) is 14.2. The summed E-state index contributed by atoms with van der Waals surface area (Å²) < 4.78 is 0. The molecule has 1 saturated carbocycles. The molecule has 24 heavy (non-hydrogen) atoms. The summed E-state index contributed by atoms with van der Waals surface area (Å²) in [6.45, 7) is 7.29. The molecule has 0 aromatic heterocycles. The van der Waals surface area contributed by atoms with Gasteiger partial charge < -0.3 is 10.6 Å². The summed E-state index contributed by atoms with van der Waals surface area (Å²) >= 11 is 0. The minimum atomic E-state index is 0. The molecule has 1 aromatic carbocycles. The van der Waals surface area contributed by atoms with Crippen LogP contribution in [0.15, 0.2) is 24.3 Å². The number of benzene rings is 1. The summed E-state index contributed by atoms with van der Waals surface area (Å²) in [5, 5.41) is 6.24. The summed E-state index contributed by atoms with van der Waals surface area (Å²) in [5.41, 5.74) is 2.48. The third-order valence-electron chi connectivity index (χ3n) is 4.31. The third kappa shape index (κ3) is 8.34. The fourth-order valence-corrected chi connectivity index (χ4v) is 2.30. The molecule has 4 nitrogen and oxygen atoms in total. The highest BCUT2D eigenvalue weighted by Crippen LogP contribution is 2.27. The van der Waals surface area contributed by atoms with Gasteiger partial charge in [-0.1, -0.05) is 24.3 Å². The molecule has 1 aliphatic carbocycles. The van der Waals surface area contributed by atoms with E-state index in [1.54, 1.807) is 0 Å². The molecule has 138 valence electrons. The van der Waals surface area contributed by atoms with Gasteiger partial charge in [-0.05, 0) is 57.3 Å². The minimum Gasteiger partial charge on any atom is -0.351 e. The van der Waals surface area contributed by atoms with Gasteiger partial charge in [-0.25, -0.2) is 0 Å². The van der Waals surface area contributed by atoms with Crippen LogP contribution in [0.25, 0.3) is 0 Å². The van der Waals surface area contributed by atoms with Crippen LogP contribution in [0.3, 0.4) is 0 Å². The fraction of sp³-hybridized carbons (Fsp3) is 0.611. The van der Waals surface area contributed by atoms with E-state index in [9.17, 15) is 4.79 Å². The molecule has 1 fully saturated rings. The van der Waals surface area contributed by atoms with E-state index in [1.165, 1.54) is 24.0 Å². The molecule has 0 spiro atoms. The summed E-state index contributed by atoms with van der Waals surface area (Å²) in [7, 11) is 2.13. The molecule has 0 aliphatic heterocycles. The third-order valence-corrected chi connectivity index (χ3v) is 4.31. The van der Waals surface area contributed by atoms with Gasteiger partial charge in [-0.2, -0.15) is 0 Å². The highest BCUT2D eigenvalue weighted by Gasteiger charge is 2.20. The number of nitrogens with one attached hydrogen (secondary N) is 2. The Morgan fingerprint density at radius 2 is 1.83 bits per heavy atom. The van der Waals surface area contributed by atoms with Gasteiger partial charge in [-0.3, -0.25) is 9.69 Å². The van der Waals surface area contributed by atoms with Crippen molar-refractivity contribution in [3.63, 3.8) is 0 Å². The van der Waals surface area contributed by atoms with Crippen LogP contribution in [0.2, 0.25) is 0 Å². The van der Waals surface area contributed by atoms with Crippen molar-refractivity contribution in [2.75, 3.05) is 20.1 Å². The van der Waals surface area contributed by atoms with Crippen molar-refractivity contribution in [2.24, 2.45) is 5.92 Å². The van der Waals surface area contributed by atoms with Crippen LogP contribution in [0.4, 0.5) is 0 Å². The van der Waals surface area contributed by atoms with Crippen LogP contribution < -0.4 is 10.6 Å². The van der Waals surface area contributed by atoms with Crippen molar-refractivity contribution in [1.82, 2.24) is 15.5 Å². The molecule has 2 N–H and O–H groups in total. The van der Waals surface area contributed by atoms with Crippen molar-refractivity contribution in [3.8, 4) is 0 Å². The van der Waals surface area contributed by atoms with Gasteiger partial charge in [0.2, 0.25) is 5.91 Å². The molecule has 0 saturated heterocycles. The van der Waals surface area contributed by atoms with E-state index in [1.807, 2.05) is 6.07 Å². The Balaban J connectivity index is 0.00000264. The van der Waals surface area contributed by atoms with E-state index in [0.29, 0.717) is 19.1 Å². The van der Waals surface area contributed by atoms with E-state index < -0.39 is 0 Å². The van der Waals surface area contributed by atoms with Crippen LogP contribution in [0.1, 0.15) is 37.8 Å². The molecule has 6 heteroatoms. The van der Waals surface area contributed by atoms with Crippen LogP contribution in [-0.2, 0) is 17.9 Å².